The fourth-order valence-corrected chi connectivity index (χ4v) is 9.79. The zero-order valence-corrected chi connectivity index (χ0v) is 49.1. The summed E-state index contributed by atoms with van der Waals surface area (Å²) in [5, 5.41) is 2.31. The van der Waals surface area contributed by atoms with E-state index < -0.39 is 98.0 Å². The number of quaternary nitrogens is 1. The third kappa shape index (κ3) is 26.8. The Bertz CT molecular complexity index is 2070. The molecule has 0 bridgehead atoms. The molecule has 1 aromatic heterocycles. The van der Waals surface area contributed by atoms with E-state index >= 15 is 0 Å². The fourth-order valence-electron chi connectivity index (χ4n) is 6.99. The maximum absolute atomic E-state index is 11.8. The first-order valence-corrected chi connectivity index (χ1v) is 30.1. The summed E-state index contributed by atoms with van der Waals surface area (Å²) in [6.07, 6.45) is -1.49. The number of carbonyl (C=O) groups excluding carboxylic acids is 2. The second kappa shape index (κ2) is 34.0. The van der Waals surface area contributed by atoms with Gasteiger partial charge < -0.3 is 83.3 Å². The highest BCUT2D eigenvalue weighted by molar-refractivity contribution is 7.48. The highest BCUT2D eigenvalue weighted by atomic mass is 31.2. The lowest BCUT2D eigenvalue weighted by Crippen LogP contribution is -2.42. The van der Waals surface area contributed by atoms with Crippen LogP contribution < -0.4 is 16.8 Å². The minimum absolute atomic E-state index is 0.00347. The Morgan fingerprint density at radius 1 is 0.662 bits per heavy atom. The van der Waals surface area contributed by atoms with Gasteiger partial charge in [-0.3, -0.25) is 45.8 Å². The van der Waals surface area contributed by atoms with E-state index in [0.717, 1.165) is 39.5 Å². The number of hydrogen-bond donors (Lipinski definition) is 7. The Balaban J connectivity index is 0.000000353. The van der Waals surface area contributed by atoms with Crippen molar-refractivity contribution in [1.82, 2.24) is 14.9 Å². The molecule has 5 rings (SSSR count). The third-order valence-electron chi connectivity index (χ3n) is 11.4. The van der Waals surface area contributed by atoms with Crippen LogP contribution in [-0.2, 0) is 108 Å². The number of rotatable bonds is 27. The Kier molecular flexibility index (Phi) is 31.4. The zero-order chi connectivity index (χ0) is 58.4. The van der Waals surface area contributed by atoms with Gasteiger partial charge in [-0.15, -0.1) is 0 Å². The number of esters is 1. The molecule has 4 aliphatic rings. The van der Waals surface area contributed by atoms with E-state index in [-0.39, 0.29) is 37.4 Å². The number of phosphoric acid groups is 4. The Hall–Kier alpha value is -1.81. The standard InChI is InChI=1S/C11H21N2O8P.C11H19N2O6P.C11H24NO6P.C8H18NO6P/c1-6-10(21-22(16,17)18-3)8(5-19-6)20-9(14)4-7(12)11(15)13-2;1-9-11(19-20(14,15)16-2)10(7-18-9)17-6-5-13-4-3-12-8-13;1-9-11(18-19(13,14)15-5)10(8-17-9)16-7-6-12(2,3)4;1-6-8(15-16(10,11)12-2)7(5-14-6)13-4-3-9/h6-8,10H,4-5,12H2,1-3H3,(H,13,15)(H,16,17);3-4,8-11H,5-7H2,1-2H3,(H,14,15);9-11H,6-8H2,1-5H3;6-8H,3-5,9H2,1-2H3,(H,10,11)/p+1/t6-,7?,8-,10?;2*9-,10-,11?;6-,7-,8?/m1111/s1. The number of ether oxygens (including phenoxy) is 8. The quantitative estimate of drug-likeness (QED) is 0.0352. The van der Waals surface area contributed by atoms with Gasteiger partial charge in [0.25, 0.3) is 0 Å². The van der Waals surface area contributed by atoms with Crippen molar-refractivity contribution in [1.29, 1.82) is 0 Å². The molecule has 0 aliphatic carbocycles. The molecular formula is C41H83N6O26P4+. The van der Waals surface area contributed by atoms with Crippen LogP contribution >= 0.6 is 31.3 Å². The maximum Gasteiger partial charge on any atom is 0.472 e. The van der Waals surface area contributed by atoms with Crippen molar-refractivity contribution in [3.05, 3.63) is 18.7 Å². The van der Waals surface area contributed by atoms with Gasteiger partial charge in [0.2, 0.25) is 5.91 Å². The number of aromatic nitrogens is 2. The van der Waals surface area contributed by atoms with Gasteiger partial charge in [-0.2, -0.15) is 0 Å². The third-order valence-corrected chi connectivity index (χ3v) is 15.3. The van der Waals surface area contributed by atoms with E-state index in [0.29, 0.717) is 52.7 Å². The molecule has 0 radical (unpaired) electrons. The van der Waals surface area contributed by atoms with Crippen LogP contribution in [0.25, 0.3) is 0 Å². The molecule has 1 amide bonds. The summed E-state index contributed by atoms with van der Waals surface area (Å²) in [4.78, 5) is 64.3. The molecule has 9 N–H and O–H groups in total. The largest absolute Gasteiger partial charge is 0.472 e. The summed E-state index contributed by atoms with van der Waals surface area (Å²) in [5.41, 5.74) is 10.8. The first-order chi connectivity index (χ1) is 35.9. The molecule has 32 nitrogen and oxygen atoms in total. The first kappa shape index (κ1) is 71.3. The summed E-state index contributed by atoms with van der Waals surface area (Å²) in [5.74, 6) is -1.24. The molecule has 4 fully saturated rings. The lowest BCUT2D eigenvalue weighted by molar-refractivity contribution is -0.870. The minimum atomic E-state index is -4.25. The van der Waals surface area contributed by atoms with E-state index in [1.165, 1.54) is 7.05 Å². The minimum Gasteiger partial charge on any atom is -0.457 e. The zero-order valence-electron chi connectivity index (χ0n) is 45.6. The van der Waals surface area contributed by atoms with Gasteiger partial charge in [0.05, 0.1) is 111 Å². The predicted molar refractivity (Wildman–Crippen MR) is 268 cm³/mol. The molecule has 0 spiro atoms. The van der Waals surface area contributed by atoms with E-state index in [1.54, 1.807) is 40.2 Å². The van der Waals surface area contributed by atoms with Crippen LogP contribution in [0, 0.1) is 0 Å². The van der Waals surface area contributed by atoms with Crippen LogP contribution in [0.15, 0.2) is 18.7 Å². The number of amides is 1. The number of phosphoric ester groups is 4. The predicted octanol–water partition coefficient (Wildman–Crippen LogP) is 0.241. The first-order valence-electron chi connectivity index (χ1n) is 24.1. The summed E-state index contributed by atoms with van der Waals surface area (Å²) in [6.45, 7) is 11.0. The molecule has 452 valence electrons. The summed E-state index contributed by atoms with van der Waals surface area (Å²) < 4.78 is 129. The van der Waals surface area contributed by atoms with Gasteiger partial charge in [0, 0.05) is 61.0 Å². The second-order valence-electron chi connectivity index (χ2n) is 18.3. The van der Waals surface area contributed by atoms with Crippen molar-refractivity contribution in [2.75, 3.05) is 116 Å². The van der Waals surface area contributed by atoms with Crippen LogP contribution in [-0.4, -0.2) is 241 Å². The van der Waals surface area contributed by atoms with Gasteiger partial charge in [0.1, 0.15) is 49.3 Å². The van der Waals surface area contributed by atoms with Crippen molar-refractivity contribution in [2.45, 2.75) is 120 Å². The molecule has 5 heterocycles. The van der Waals surface area contributed by atoms with Gasteiger partial charge >= 0.3 is 37.3 Å². The van der Waals surface area contributed by atoms with Crippen molar-refractivity contribution >= 4 is 43.2 Å². The maximum atomic E-state index is 11.8. The summed E-state index contributed by atoms with van der Waals surface area (Å²) in [7, 11) is -4.37. The fraction of sp³-hybridized carbons (Fsp3) is 0.878. The molecule has 36 heteroatoms. The Morgan fingerprint density at radius 3 is 1.36 bits per heavy atom. The van der Waals surface area contributed by atoms with Gasteiger partial charge in [-0.05, 0) is 27.7 Å². The van der Waals surface area contributed by atoms with Crippen molar-refractivity contribution in [3.63, 3.8) is 0 Å². The molecule has 4 aliphatic heterocycles. The van der Waals surface area contributed by atoms with E-state index in [4.69, 9.17) is 67.5 Å². The lowest BCUT2D eigenvalue weighted by Gasteiger charge is -2.26. The van der Waals surface area contributed by atoms with Crippen LogP contribution in [0.1, 0.15) is 34.1 Å². The molecule has 4 saturated heterocycles. The number of nitrogens with one attached hydrogen (secondary N) is 1. The number of nitrogens with zero attached hydrogens (tertiary/aromatic N) is 3. The van der Waals surface area contributed by atoms with Crippen molar-refractivity contribution in [3.8, 4) is 0 Å². The normalized spacial score (nSPS) is 30.6. The highest BCUT2D eigenvalue weighted by Gasteiger charge is 2.45. The van der Waals surface area contributed by atoms with E-state index in [2.05, 4.69) is 49.5 Å². The molecular weight excluding hydrogens is 1120 g/mol. The molecule has 9 unspecified atom stereocenters. The van der Waals surface area contributed by atoms with Crippen LogP contribution in [0.2, 0.25) is 0 Å². The Morgan fingerprint density at radius 2 is 1.03 bits per heavy atom. The average Bonchev–Trinajstić information content (AvgIpc) is 4.22. The topological polar surface area (TPSA) is 413 Å². The summed E-state index contributed by atoms with van der Waals surface area (Å²) >= 11 is 0. The molecule has 0 saturated carbocycles. The van der Waals surface area contributed by atoms with Crippen LogP contribution in [0.4, 0.5) is 0 Å². The van der Waals surface area contributed by atoms with Crippen molar-refractivity contribution < 1.29 is 126 Å². The van der Waals surface area contributed by atoms with E-state index in [9.17, 15) is 47.4 Å². The number of carbonyl (C=O) groups is 2. The second-order valence-corrected chi connectivity index (χ2v) is 24.4. The molecule has 17 atom stereocenters. The van der Waals surface area contributed by atoms with Crippen LogP contribution in [0.5, 0.6) is 0 Å². The smallest absolute Gasteiger partial charge is 0.457 e. The monoisotopic (exact) mass is 1200 g/mol. The van der Waals surface area contributed by atoms with Crippen LogP contribution in [0.3, 0.4) is 0 Å². The summed E-state index contributed by atoms with van der Waals surface area (Å²) in [6, 6.07) is -1.04. The van der Waals surface area contributed by atoms with Gasteiger partial charge in [0.15, 0.2) is 6.10 Å². The van der Waals surface area contributed by atoms with Gasteiger partial charge in [-0.1, -0.05) is 0 Å². The van der Waals surface area contributed by atoms with E-state index in [1.807, 2.05) is 10.8 Å². The van der Waals surface area contributed by atoms with Crippen molar-refractivity contribution in [2.24, 2.45) is 11.5 Å². The number of hydrogen-bond acceptors (Lipinski definition) is 25. The SMILES string of the molecule is CNC(=O)C(N)CC(=O)O[C@@H]1CO[C@H](C)C1OP(=O)(O)OC.COP(=O)(O)OC1[C@@H](C)OC[C@H]1OCCN.COP(=O)(O)OC1[C@@H](C)OC[C@H]1OCC[N+](C)(C)C.COP(=O)(O)OC1[C@@H](C)OC[C@H]1OCCn1ccnc1. The lowest BCUT2D eigenvalue weighted by atomic mass is 10.1. The van der Waals surface area contributed by atoms with Gasteiger partial charge in [-0.25, -0.2) is 23.2 Å². The average molecular weight is 1200 g/mol. The number of likely N-dealkylation sites (N-methyl/N-ethyl adjacent to an activating group) is 2. The molecule has 77 heavy (non-hydrogen) atoms. The number of nitrogens with two attached hydrogens (primary N) is 2. The molecule has 1 aromatic rings. The Labute approximate surface area is 449 Å². The molecule has 0 aromatic carbocycles. The highest BCUT2D eigenvalue weighted by Crippen LogP contribution is 2.48. The number of imidazole rings is 1.